The first-order valence-corrected chi connectivity index (χ1v) is 7.56. The summed E-state index contributed by atoms with van der Waals surface area (Å²) in [6, 6.07) is 10.1. The summed E-state index contributed by atoms with van der Waals surface area (Å²) >= 11 is 0. The molecule has 1 N–H and O–H groups in total. The van der Waals surface area contributed by atoms with Crippen molar-refractivity contribution in [1.82, 2.24) is 20.2 Å². The number of nitrogens with zero attached hydrogens (tertiary/aromatic N) is 4. The van der Waals surface area contributed by atoms with Crippen molar-refractivity contribution < 1.29 is 4.79 Å². The monoisotopic (exact) mass is 313 g/mol. The molecular formula is C17H23N5O. The van der Waals surface area contributed by atoms with Crippen molar-refractivity contribution in [2.24, 2.45) is 0 Å². The van der Waals surface area contributed by atoms with Gasteiger partial charge in [-0.2, -0.15) is 0 Å². The van der Waals surface area contributed by atoms with Crippen LogP contribution < -0.4 is 10.2 Å². The normalized spacial score (nSPS) is 10.6. The molecule has 2 rings (SSSR count). The van der Waals surface area contributed by atoms with Crippen molar-refractivity contribution in [2.75, 3.05) is 39.1 Å². The third-order valence-corrected chi connectivity index (χ3v) is 3.37. The number of benzene rings is 1. The Morgan fingerprint density at radius 3 is 2.43 bits per heavy atom. The minimum absolute atomic E-state index is 0.198. The standard InChI is InChI=1S/C17H23N5O/c1-21(2)10-9-18-17(23)15-11-20-16(12-19-15)22(3)13-14-7-5-4-6-8-14/h4-8,11-12H,9-10,13H2,1-3H3,(H,18,23). The van der Waals surface area contributed by atoms with E-state index in [1.165, 1.54) is 11.8 Å². The van der Waals surface area contributed by atoms with Gasteiger partial charge in [-0.15, -0.1) is 0 Å². The number of aromatic nitrogens is 2. The molecule has 6 heteroatoms. The van der Waals surface area contributed by atoms with Gasteiger partial charge in [0, 0.05) is 26.7 Å². The Morgan fingerprint density at radius 1 is 1.09 bits per heavy atom. The van der Waals surface area contributed by atoms with Gasteiger partial charge in [0.2, 0.25) is 0 Å². The zero-order chi connectivity index (χ0) is 16.7. The maximum absolute atomic E-state index is 12.0. The van der Waals surface area contributed by atoms with Gasteiger partial charge in [-0.05, 0) is 19.7 Å². The van der Waals surface area contributed by atoms with Crippen LogP contribution in [-0.2, 0) is 6.54 Å². The van der Waals surface area contributed by atoms with Gasteiger partial charge in [0.25, 0.3) is 5.91 Å². The lowest BCUT2D eigenvalue weighted by Gasteiger charge is -2.18. The van der Waals surface area contributed by atoms with Gasteiger partial charge in [-0.25, -0.2) is 9.97 Å². The maximum atomic E-state index is 12.0. The van der Waals surface area contributed by atoms with Crippen LogP contribution in [0.2, 0.25) is 0 Å². The van der Waals surface area contributed by atoms with Crippen molar-refractivity contribution in [2.45, 2.75) is 6.54 Å². The van der Waals surface area contributed by atoms with Gasteiger partial charge in [0.1, 0.15) is 11.5 Å². The summed E-state index contributed by atoms with van der Waals surface area (Å²) < 4.78 is 0. The predicted molar refractivity (Wildman–Crippen MR) is 91.5 cm³/mol. The molecule has 1 heterocycles. The minimum Gasteiger partial charge on any atom is -0.354 e. The molecule has 23 heavy (non-hydrogen) atoms. The molecule has 0 radical (unpaired) electrons. The number of rotatable bonds is 7. The Labute approximate surface area is 137 Å². The summed E-state index contributed by atoms with van der Waals surface area (Å²) in [4.78, 5) is 24.5. The third kappa shape index (κ3) is 5.34. The molecular weight excluding hydrogens is 290 g/mol. The Hall–Kier alpha value is -2.47. The SMILES string of the molecule is CN(C)CCNC(=O)c1cnc(N(C)Cc2ccccc2)cn1. The third-order valence-electron chi connectivity index (χ3n) is 3.37. The van der Waals surface area contributed by atoms with Crippen molar-refractivity contribution in [3.8, 4) is 0 Å². The zero-order valence-electron chi connectivity index (χ0n) is 13.9. The number of amides is 1. The number of hydrogen-bond donors (Lipinski definition) is 1. The molecule has 0 bridgehead atoms. The highest BCUT2D eigenvalue weighted by molar-refractivity contribution is 5.91. The van der Waals surface area contributed by atoms with E-state index in [0.29, 0.717) is 12.2 Å². The average Bonchev–Trinajstić information content (AvgIpc) is 2.55. The van der Waals surface area contributed by atoms with Crippen LogP contribution in [0.5, 0.6) is 0 Å². The van der Waals surface area contributed by atoms with Crippen LogP contribution >= 0.6 is 0 Å². The largest absolute Gasteiger partial charge is 0.354 e. The Morgan fingerprint density at radius 2 is 1.83 bits per heavy atom. The van der Waals surface area contributed by atoms with Crippen LogP contribution in [0.3, 0.4) is 0 Å². The minimum atomic E-state index is -0.198. The van der Waals surface area contributed by atoms with Gasteiger partial charge in [-0.3, -0.25) is 4.79 Å². The molecule has 1 aromatic heterocycles. The smallest absolute Gasteiger partial charge is 0.271 e. The second-order valence-electron chi connectivity index (χ2n) is 5.66. The molecule has 0 saturated heterocycles. The van der Waals surface area contributed by atoms with Crippen LogP contribution in [0.25, 0.3) is 0 Å². The summed E-state index contributed by atoms with van der Waals surface area (Å²) in [5.41, 5.74) is 1.53. The summed E-state index contributed by atoms with van der Waals surface area (Å²) in [5.74, 6) is 0.537. The van der Waals surface area contributed by atoms with E-state index >= 15 is 0 Å². The fourth-order valence-corrected chi connectivity index (χ4v) is 2.06. The fourth-order valence-electron chi connectivity index (χ4n) is 2.06. The summed E-state index contributed by atoms with van der Waals surface area (Å²) in [7, 11) is 5.88. The number of carbonyl (C=O) groups excluding carboxylic acids is 1. The van der Waals surface area contributed by atoms with E-state index in [1.807, 2.05) is 49.1 Å². The molecule has 2 aromatic rings. The molecule has 122 valence electrons. The summed E-state index contributed by atoms with van der Waals surface area (Å²) in [6.07, 6.45) is 3.14. The topological polar surface area (TPSA) is 61.4 Å². The Kier molecular flexibility index (Phi) is 6.05. The second kappa shape index (κ2) is 8.24. The number of hydrogen-bond acceptors (Lipinski definition) is 5. The summed E-state index contributed by atoms with van der Waals surface area (Å²) in [5, 5.41) is 2.82. The van der Waals surface area contributed by atoms with E-state index < -0.39 is 0 Å². The van der Waals surface area contributed by atoms with Crippen LogP contribution in [0.15, 0.2) is 42.7 Å². The van der Waals surface area contributed by atoms with E-state index in [-0.39, 0.29) is 5.91 Å². The molecule has 0 aliphatic carbocycles. The molecule has 0 saturated carbocycles. The van der Waals surface area contributed by atoms with Crippen molar-refractivity contribution in [3.05, 3.63) is 54.0 Å². The van der Waals surface area contributed by atoms with Gasteiger partial charge >= 0.3 is 0 Å². The Balaban J connectivity index is 1.92. The van der Waals surface area contributed by atoms with Crippen molar-refractivity contribution >= 4 is 11.7 Å². The van der Waals surface area contributed by atoms with Crippen LogP contribution in [0.4, 0.5) is 5.82 Å². The van der Waals surface area contributed by atoms with Crippen LogP contribution in [0.1, 0.15) is 16.1 Å². The highest BCUT2D eigenvalue weighted by atomic mass is 16.1. The number of carbonyl (C=O) groups is 1. The Bertz CT molecular complexity index is 613. The first-order chi connectivity index (χ1) is 11.1. The number of anilines is 1. The molecule has 0 fully saturated rings. The zero-order valence-corrected chi connectivity index (χ0v) is 13.9. The second-order valence-corrected chi connectivity index (χ2v) is 5.66. The van der Waals surface area contributed by atoms with E-state index in [1.54, 1.807) is 6.20 Å². The number of likely N-dealkylation sites (N-methyl/N-ethyl adjacent to an activating group) is 1. The lowest BCUT2D eigenvalue weighted by molar-refractivity contribution is 0.0945. The molecule has 0 spiro atoms. The average molecular weight is 313 g/mol. The van der Waals surface area contributed by atoms with Gasteiger partial charge in [0.05, 0.1) is 12.4 Å². The first kappa shape index (κ1) is 16.9. The first-order valence-electron chi connectivity index (χ1n) is 7.56. The van der Waals surface area contributed by atoms with Gasteiger partial charge in [0.15, 0.2) is 0 Å². The highest BCUT2D eigenvalue weighted by Crippen LogP contribution is 2.11. The lowest BCUT2D eigenvalue weighted by atomic mass is 10.2. The molecule has 0 aliphatic heterocycles. The lowest BCUT2D eigenvalue weighted by Crippen LogP contribution is -2.32. The van der Waals surface area contributed by atoms with Crippen molar-refractivity contribution in [1.29, 1.82) is 0 Å². The fraction of sp³-hybridized carbons (Fsp3) is 0.353. The van der Waals surface area contributed by atoms with Crippen molar-refractivity contribution in [3.63, 3.8) is 0 Å². The highest BCUT2D eigenvalue weighted by Gasteiger charge is 2.09. The number of nitrogens with one attached hydrogen (secondary N) is 1. The van der Waals surface area contributed by atoms with E-state index in [9.17, 15) is 4.79 Å². The molecule has 6 nitrogen and oxygen atoms in total. The molecule has 0 unspecified atom stereocenters. The van der Waals surface area contributed by atoms with Crippen LogP contribution in [-0.4, -0.2) is 55.0 Å². The van der Waals surface area contributed by atoms with Crippen LogP contribution in [0, 0.1) is 0 Å². The molecule has 0 aliphatic rings. The van der Waals surface area contributed by atoms with E-state index in [4.69, 9.17) is 0 Å². The predicted octanol–water partition coefficient (Wildman–Crippen LogP) is 1.40. The quantitative estimate of drug-likeness (QED) is 0.837. The molecule has 0 atom stereocenters. The van der Waals surface area contributed by atoms with E-state index in [2.05, 4.69) is 27.4 Å². The van der Waals surface area contributed by atoms with E-state index in [0.717, 1.165) is 18.9 Å². The molecule has 1 aromatic carbocycles. The van der Waals surface area contributed by atoms with Gasteiger partial charge < -0.3 is 15.1 Å². The summed E-state index contributed by atoms with van der Waals surface area (Å²) in [6.45, 7) is 2.12. The molecule has 1 amide bonds. The van der Waals surface area contributed by atoms with Gasteiger partial charge in [-0.1, -0.05) is 30.3 Å². The maximum Gasteiger partial charge on any atom is 0.271 e.